The van der Waals surface area contributed by atoms with E-state index in [4.69, 9.17) is 14.5 Å². The van der Waals surface area contributed by atoms with Gasteiger partial charge in [-0.05, 0) is 33.6 Å². The molecule has 12 nitrogen and oxygen atoms in total. The molecule has 0 aromatic carbocycles. The van der Waals surface area contributed by atoms with E-state index in [1.807, 2.05) is 13.2 Å². The van der Waals surface area contributed by atoms with Crippen molar-refractivity contribution in [2.75, 3.05) is 18.4 Å². The van der Waals surface area contributed by atoms with Gasteiger partial charge >= 0.3 is 12.2 Å². The fraction of sp³-hybridized carbons (Fsp3) is 0.500. The van der Waals surface area contributed by atoms with Crippen LogP contribution in [0.3, 0.4) is 0 Å². The van der Waals surface area contributed by atoms with E-state index in [2.05, 4.69) is 15.5 Å². The van der Waals surface area contributed by atoms with E-state index in [0.717, 1.165) is 5.56 Å². The maximum atomic E-state index is 12.2. The summed E-state index contributed by atoms with van der Waals surface area (Å²) in [6.07, 6.45) is 5.46. The van der Waals surface area contributed by atoms with Gasteiger partial charge in [0.15, 0.2) is 5.82 Å². The molecule has 1 aliphatic rings. The highest BCUT2D eigenvalue weighted by Gasteiger charge is 2.24. The van der Waals surface area contributed by atoms with Crippen LogP contribution in [0.4, 0.5) is 15.4 Å². The average molecular weight is 472 g/mol. The predicted molar refractivity (Wildman–Crippen MR) is 123 cm³/mol. The van der Waals surface area contributed by atoms with Crippen LogP contribution in [0.2, 0.25) is 0 Å². The summed E-state index contributed by atoms with van der Waals surface area (Å²) in [6, 6.07) is 1.67. The van der Waals surface area contributed by atoms with E-state index in [1.165, 1.54) is 4.90 Å². The number of hydrogen-bond donors (Lipinski definition) is 2. The number of carboxylic acid groups (broad SMARTS) is 1. The zero-order valence-corrected chi connectivity index (χ0v) is 19.7. The van der Waals surface area contributed by atoms with E-state index >= 15 is 0 Å². The van der Waals surface area contributed by atoms with E-state index in [-0.39, 0.29) is 6.10 Å². The number of nitrogens with one attached hydrogen (secondary N) is 1. The number of ether oxygens (including phenoxy) is 2. The van der Waals surface area contributed by atoms with Crippen molar-refractivity contribution in [3.05, 3.63) is 24.7 Å². The SMILES string of the molecule is Cn1cc(-c2cn3nc(NC(=O)OC(C)(C)C)cc3c(OC3CCCN(C(=O)O)CC3)n2)cn1. The molecule has 0 spiro atoms. The summed E-state index contributed by atoms with van der Waals surface area (Å²) in [4.78, 5) is 29.7. The summed E-state index contributed by atoms with van der Waals surface area (Å²) in [5.41, 5.74) is 1.31. The van der Waals surface area contributed by atoms with E-state index < -0.39 is 17.8 Å². The van der Waals surface area contributed by atoms with Crippen molar-refractivity contribution in [3.8, 4) is 17.1 Å². The fourth-order valence-electron chi connectivity index (χ4n) is 3.75. The molecule has 1 unspecified atom stereocenters. The van der Waals surface area contributed by atoms with Crippen LogP contribution in [-0.2, 0) is 11.8 Å². The van der Waals surface area contributed by atoms with Crippen molar-refractivity contribution < 1.29 is 24.2 Å². The van der Waals surface area contributed by atoms with Gasteiger partial charge in [-0.25, -0.2) is 19.1 Å². The van der Waals surface area contributed by atoms with E-state index in [0.29, 0.717) is 55.3 Å². The largest absolute Gasteiger partial charge is 0.473 e. The molecule has 4 heterocycles. The van der Waals surface area contributed by atoms with Crippen molar-refractivity contribution in [2.45, 2.75) is 51.7 Å². The average Bonchev–Trinajstić information content (AvgIpc) is 3.26. The summed E-state index contributed by atoms with van der Waals surface area (Å²) >= 11 is 0. The number of anilines is 1. The minimum atomic E-state index is -0.923. The number of aromatic nitrogens is 5. The number of hydrogen-bond acceptors (Lipinski definition) is 7. The van der Waals surface area contributed by atoms with Gasteiger partial charge < -0.3 is 19.5 Å². The standard InChI is InChI=1S/C22H29N7O5/c1-22(2,3)34-20(30)25-18-10-17-19(33-15-6-5-8-28(9-7-15)21(31)32)24-16(13-29(17)26-18)14-11-23-27(4)12-14/h10-13,15H,5-9H2,1-4H3,(H,31,32)(H,25,26,30). The third-order valence-corrected chi connectivity index (χ3v) is 5.28. The fourth-order valence-corrected chi connectivity index (χ4v) is 3.75. The first-order valence-electron chi connectivity index (χ1n) is 11.1. The van der Waals surface area contributed by atoms with Gasteiger partial charge in [0, 0.05) is 44.4 Å². The molecule has 3 aromatic heterocycles. The molecule has 4 rings (SSSR count). The van der Waals surface area contributed by atoms with Gasteiger partial charge in [-0.15, -0.1) is 5.10 Å². The minimum Gasteiger partial charge on any atom is -0.473 e. The van der Waals surface area contributed by atoms with Crippen molar-refractivity contribution >= 4 is 23.5 Å². The van der Waals surface area contributed by atoms with Crippen LogP contribution in [0.5, 0.6) is 5.88 Å². The predicted octanol–water partition coefficient (Wildman–Crippen LogP) is 3.39. The smallest absolute Gasteiger partial charge is 0.413 e. The van der Waals surface area contributed by atoms with Crippen molar-refractivity contribution in [2.24, 2.45) is 7.05 Å². The summed E-state index contributed by atoms with van der Waals surface area (Å²) in [7, 11) is 1.82. The number of nitrogens with zero attached hydrogens (tertiary/aromatic N) is 6. The molecule has 1 saturated heterocycles. The van der Waals surface area contributed by atoms with Gasteiger partial charge in [-0.2, -0.15) is 5.10 Å². The summed E-state index contributed by atoms with van der Waals surface area (Å²) in [5.74, 6) is 0.641. The number of amides is 2. The normalized spacial score (nSPS) is 16.8. The second-order valence-corrected chi connectivity index (χ2v) is 9.26. The Balaban J connectivity index is 1.64. The van der Waals surface area contributed by atoms with Crippen LogP contribution in [-0.4, -0.2) is 71.4 Å². The van der Waals surface area contributed by atoms with Crippen LogP contribution in [0.1, 0.15) is 40.0 Å². The summed E-state index contributed by atoms with van der Waals surface area (Å²) in [5, 5.41) is 20.6. The zero-order chi connectivity index (χ0) is 24.5. The number of fused-ring (bicyclic) bond motifs is 1. The van der Waals surface area contributed by atoms with Gasteiger partial charge in [0.25, 0.3) is 0 Å². The molecule has 12 heteroatoms. The Morgan fingerprint density at radius 1 is 1.21 bits per heavy atom. The van der Waals surface area contributed by atoms with Crippen molar-refractivity contribution in [1.82, 2.24) is 29.3 Å². The van der Waals surface area contributed by atoms with E-state index in [1.54, 1.807) is 48.4 Å². The Morgan fingerprint density at radius 2 is 2.00 bits per heavy atom. The Labute approximate surface area is 196 Å². The number of carbonyl (C=O) groups excluding carboxylic acids is 1. The summed E-state index contributed by atoms with van der Waals surface area (Å²) in [6.45, 7) is 6.22. The van der Waals surface area contributed by atoms with Crippen molar-refractivity contribution in [1.29, 1.82) is 0 Å². The lowest BCUT2D eigenvalue weighted by molar-refractivity contribution is 0.0635. The van der Waals surface area contributed by atoms with Gasteiger partial charge in [-0.1, -0.05) is 0 Å². The molecule has 1 fully saturated rings. The lowest BCUT2D eigenvalue weighted by Crippen LogP contribution is -2.30. The van der Waals surface area contributed by atoms with Gasteiger partial charge in [0.05, 0.1) is 18.1 Å². The van der Waals surface area contributed by atoms with Crippen LogP contribution in [0, 0.1) is 0 Å². The Morgan fingerprint density at radius 3 is 2.68 bits per heavy atom. The summed E-state index contributed by atoms with van der Waals surface area (Å²) < 4.78 is 14.9. The maximum absolute atomic E-state index is 12.2. The highest BCUT2D eigenvalue weighted by Crippen LogP contribution is 2.28. The number of likely N-dealkylation sites (tertiary alicyclic amines) is 1. The van der Waals surface area contributed by atoms with Gasteiger partial charge in [-0.3, -0.25) is 10.00 Å². The second kappa shape index (κ2) is 9.20. The minimum absolute atomic E-state index is 0.207. The molecule has 0 aliphatic carbocycles. The lowest BCUT2D eigenvalue weighted by Gasteiger charge is -2.18. The third kappa shape index (κ3) is 5.56. The quantitative estimate of drug-likeness (QED) is 0.591. The van der Waals surface area contributed by atoms with Crippen LogP contribution in [0.15, 0.2) is 24.7 Å². The Bertz CT molecular complexity index is 1200. The zero-order valence-electron chi connectivity index (χ0n) is 19.7. The van der Waals surface area contributed by atoms with Crippen molar-refractivity contribution in [3.63, 3.8) is 0 Å². The number of carbonyl (C=O) groups is 2. The molecule has 0 bridgehead atoms. The molecule has 1 aliphatic heterocycles. The van der Waals surface area contributed by atoms with Gasteiger partial charge in [0.1, 0.15) is 17.2 Å². The number of aryl methyl sites for hydroxylation is 1. The second-order valence-electron chi connectivity index (χ2n) is 9.26. The number of rotatable bonds is 4. The molecule has 182 valence electrons. The Hall–Kier alpha value is -3.83. The molecule has 1 atom stereocenters. The van der Waals surface area contributed by atoms with E-state index in [9.17, 15) is 14.7 Å². The highest BCUT2D eigenvalue weighted by molar-refractivity contribution is 5.85. The monoisotopic (exact) mass is 471 g/mol. The molecule has 3 aromatic rings. The topological polar surface area (TPSA) is 136 Å². The molecule has 2 N–H and O–H groups in total. The van der Waals surface area contributed by atoms with Crippen LogP contribution < -0.4 is 10.1 Å². The first-order valence-corrected chi connectivity index (χ1v) is 11.1. The maximum Gasteiger partial charge on any atom is 0.413 e. The molecule has 0 saturated carbocycles. The molecule has 0 radical (unpaired) electrons. The lowest BCUT2D eigenvalue weighted by atomic mass is 10.1. The third-order valence-electron chi connectivity index (χ3n) is 5.28. The molecular weight excluding hydrogens is 442 g/mol. The highest BCUT2D eigenvalue weighted by atomic mass is 16.6. The van der Waals surface area contributed by atoms with Gasteiger partial charge in [0.2, 0.25) is 5.88 Å². The van der Waals surface area contributed by atoms with Crippen LogP contribution in [0.25, 0.3) is 16.8 Å². The molecule has 2 amide bonds. The van der Waals surface area contributed by atoms with Crippen LogP contribution >= 0.6 is 0 Å². The molecule has 34 heavy (non-hydrogen) atoms. The Kier molecular flexibility index (Phi) is 6.31. The first kappa shape index (κ1) is 23.3. The molecular formula is C22H29N7O5. The first-order chi connectivity index (χ1) is 16.1.